The van der Waals surface area contributed by atoms with Gasteiger partial charge in [-0.15, -0.1) is 0 Å². The summed E-state index contributed by atoms with van der Waals surface area (Å²) < 4.78 is 0. The third kappa shape index (κ3) is 8.27. The summed E-state index contributed by atoms with van der Waals surface area (Å²) >= 11 is 0. The molecule has 0 aliphatic carbocycles. The summed E-state index contributed by atoms with van der Waals surface area (Å²) in [6.45, 7) is 0. The number of carbonyl (C=O) groups excluding carboxylic acids is 3. The number of carboxylic acid groups (broad SMARTS) is 3. The second-order valence-electron chi connectivity index (χ2n) is 4.11. The standard InChI is InChI=1S/3C5H5NO2.Al/c3*7-5(8)4-2-1-3-6-4;/h3*1-3,6H,(H,7,8);/q;;;+3/p-3. The molecule has 0 radical (unpaired) electrons. The molecule has 0 unspecified atom stereocenters. The van der Waals surface area contributed by atoms with Crippen LogP contribution in [0, 0.1) is 0 Å². The number of rotatable bonds is 3. The van der Waals surface area contributed by atoms with Crippen molar-refractivity contribution >= 4 is 35.3 Å². The predicted octanol–water partition coefficient (Wildman–Crippen LogP) is -2.25. The first-order chi connectivity index (χ1) is 11.4. The summed E-state index contributed by atoms with van der Waals surface area (Å²) in [7, 11) is 0. The Morgan fingerprint density at radius 2 is 0.840 bits per heavy atom. The molecule has 3 N–H and O–H groups in total. The van der Waals surface area contributed by atoms with Crippen LogP contribution < -0.4 is 15.3 Å². The molecular weight excluding hydrogens is 345 g/mol. The summed E-state index contributed by atoms with van der Waals surface area (Å²) in [5.74, 6) is -3.51. The molecule has 3 rings (SSSR count). The van der Waals surface area contributed by atoms with E-state index >= 15 is 0 Å². The van der Waals surface area contributed by atoms with Gasteiger partial charge < -0.3 is 44.7 Å². The van der Waals surface area contributed by atoms with Crippen molar-refractivity contribution in [2.45, 2.75) is 0 Å². The second kappa shape index (κ2) is 11.3. The van der Waals surface area contributed by atoms with E-state index in [-0.39, 0.29) is 34.4 Å². The zero-order valence-corrected chi connectivity index (χ0v) is 13.9. The number of aromatic nitrogens is 3. The predicted molar refractivity (Wildman–Crippen MR) is 81.1 cm³/mol. The largest absolute Gasteiger partial charge is 3.00 e. The van der Waals surface area contributed by atoms with Crippen LogP contribution in [0.25, 0.3) is 0 Å². The molecule has 0 bridgehead atoms. The summed E-state index contributed by atoms with van der Waals surface area (Å²) in [6, 6.07) is 9.13. The smallest absolute Gasteiger partial charge is 0.543 e. The van der Waals surface area contributed by atoms with Crippen LogP contribution in [0.4, 0.5) is 0 Å². The van der Waals surface area contributed by atoms with Gasteiger partial charge >= 0.3 is 17.4 Å². The molecule has 0 saturated carbocycles. The van der Waals surface area contributed by atoms with Gasteiger partial charge in [-0.3, -0.25) is 0 Å². The van der Waals surface area contributed by atoms with Gasteiger partial charge in [0.2, 0.25) is 0 Å². The Morgan fingerprint density at radius 3 is 0.920 bits per heavy atom. The molecule has 0 atom stereocenters. The fraction of sp³-hybridized carbons (Fsp3) is 0. The second-order valence-corrected chi connectivity index (χ2v) is 4.11. The van der Waals surface area contributed by atoms with Gasteiger partial charge in [0.1, 0.15) is 0 Å². The van der Waals surface area contributed by atoms with Crippen LogP contribution in [0.2, 0.25) is 0 Å². The minimum Gasteiger partial charge on any atom is -0.543 e. The Morgan fingerprint density at radius 1 is 0.600 bits per heavy atom. The van der Waals surface area contributed by atoms with Crippen LogP contribution in [-0.4, -0.2) is 50.2 Å². The van der Waals surface area contributed by atoms with Crippen molar-refractivity contribution in [1.82, 2.24) is 15.0 Å². The molecule has 3 heterocycles. The van der Waals surface area contributed by atoms with Crippen molar-refractivity contribution in [3.05, 3.63) is 72.1 Å². The van der Waals surface area contributed by atoms with Gasteiger partial charge in [0.15, 0.2) is 0 Å². The van der Waals surface area contributed by atoms with Crippen molar-refractivity contribution in [3.63, 3.8) is 0 Å². The molecular formula is C15H12AlN3O6. The molecule has 25 heavy (non-hydrogen) atoms. The Bertz CT molecular complexity index is 646. The van der Waals surface area contributed by atoms with Crippen LogP contribution in [0.15, 0.2) is 55.0 Å². The van der Waals surface area contributed by atoms with E-state index in [1.807, 2.05) is 0 Å². The van der Waals surface area contributed by atoms with Gasteiger partial charge in [-0.1, -0.05) is 0 Å². The number of hydrogen-bond donors (Lipinski definition) is 3. The summed E-state index contributed by atoms with van der Waals surface area (Å²) in [4.78, 5) is 37.2. The Balaban J connectivity index is 0.000000339. The van der Waals surface area contributed by atoms with Gasteiger partial charge in [-0.05, 0) is 36.4 Å². The van der Waals surface area contributed by atoms with E-state index in [2.05, 4.69) is 15.0 Å². The fourth-order valence-electron chi connectivity index (χ4n) is 1.37. The van der Waals surface area contributed by atoms with E-state index in [1.165, 1.54) is 36.8 Å². The average Bonchev–Trinajstić information content (AvgIpc) is 3.29. The first-order valence-electron chi connectivity index (χ1n) is 6.46. The molecule has 3 aromatic rings. The minimum absolute atomic E-state index is 0. The SMILES string of the molecule is O=C([O-])c1ccc[nH]1.O=C([O-])c1ccc[nH]1.O=C([O-])c1ccc[nH]1.[Al+3]. The van der Waals surface area contributed by atoms with Crippen LogP contribution in [0.5, 0.6) is 0 Å². The van der Waals surface area contributed by atoms with Crippen LogP contribution >= 0.6 is 0 Å². The average molecular weight is 357 g/mol. The van der Waals surface area contributed by atoms with Crippen LogP contribution in [0.1, 0.15) is 31.5 Å². The molecule has 9 nitrogen and oxygen atoms in total. The summed E-state index contributed by atoms with van der Waals surface area (Å²) in [5, 5.41) is 29.8. The third-order valence-corrected chi connectivity index (χ3v) is 2.45. The zero-order chi connectivity index (χ0) is 17.9. The van der Waals surface area contributed by atoms with Gasteiger partial charge in [-0.25, -0.2) is 0 Å². The van der Waals surface area contributed by atoms with Crippen molar-refractivity contribution in [2.24, 2.45) is 0 Å². The number of aromatic amines is 3. The Labute approximate surface area is 152 Å². The van der Waals surface area contributed by atoms with Crippen molar-refractivity contribution in [2.75, 3.05) is 0 Å². The van der Waals surface area contributed by atoms with Crippen LogP contribution in [-0.2, 0) is 0 Å². The number of H-pyrrole nitrogens is 3. The maximum Gasteiger partial charge on any atom is 3.00 e. The number of hydrogen-bond acceptors (Lipinski definition) is 6. The maximum atomic E-state index is 9.92. The number of carboxylic acids is 3. The van der Waals surface area contributed by atoms with E-state index < -0.39 is 17.9 Å². The van der Waals surface area contributed by atoms with Crippen molar-refractivity contribution < 1.29 is 29.7 Å². The molecule has 0 aliphatic heterocycles. The van der Waals surface area contributed by atoms with E-state index in [0.717, 1.165) is 0 Å². The molecule has 10 heteroatoms. The Kier molecular flexibility index (Phi) is 9.88. The molecule has 126 valence electrons. The van der Waals surface area contributed by atoms with Gasteiger partial charge in [0.05, 0.1) is 35.0 Å². The monoisotopic (exact) mass is 357 g/mol. The first kappa shape index (κ1) is 21.8. The number of nitrogens with one attached hydrogen (secondary N) is 3. The van der Waals surface area contributed by atoms with E-state index in [1.54, 1.807) is 18.2 Å². The Hall–Kier alpha value is -3.22. The van der Waals surface area contributed by atoms with Crippen LogP contribution in [0.3, 0.4) is 0 Å². The molecule has 0 spiro atoms. The molecule has 0 amide bonds. The topological polar surface area (TPSA) is 168 Å². The quantitative estimate of drug-likeness (QED) is 0.448. The summed E-state index contributed by atoms with van der Waals surface area (Å²) in [6.07, 6.45) is 4.60. The number of aromatic carboxylic acids is 3. The van der Waals surface area contributed by atoms with Gasteiger partial charge in [0.25, 0.3) is 0 Å². The van der Waals surface area contributed by atoms with E-state index in [4.69, 9.17) is 0 Å². The normalized spacial score (nSPS) is 8.64. The van der Waals surface area contributed by atoms with Crippen molar-refractivity contribution in [1.29, 1.82) is 0 Å². The molecule has 0 aromatic carbocycles. The maximum absolute atomic E-state index is 9.92. The molecule has 0 aliphatic rings. The van der Waals surface area contributed by atoms with Gasteiger partial charge in [-0.2, -0.15) is 0 Å². The molecule has 0 saturated heterocycles. The van der Waals surface area contributed by atoms with Gasteiger partial charge in [0, 0.05) is 18.6 Å². The molecule has 3 aromatic heterocycles. The third-order valence-electron chi connectivity index (χ3n) is 2.45. The first-order valence-corrected chi connectivity index (χ1v) is 6.46. The summed E-state index contributed by atoms with van der Waals surface area (Å²) in [5.41, 5.74) is 0.347. The fourth-order valence-corrected chi connectivity index (χ4v) is 1.37. The minimum atomic E-state index is -1.17. The molecule has 0 fully saturated rings. The zero-order valence-electron chi connectivity index (χ0n) is 12.7. The number of carbonyl (C=O) groups is 3. The van der Waals surface area contributed by atoms with E-state index in [9.17, 15) is 29.7 Å². The van der Waals surface area contributed by atoms with Crippen molar-refractivity contribution in [3.8, 4) is 0 Å². The van der Waals surface area contributed by atoms with E-state index in [0.29, 0.717) is 0 Å².